The van der Waals surface area contributed by atoms with E-state index in [0.717, 1.165) is 0 Å². The average molecular weight is 408 g/mol. The van der Waals surface area contributed by atoms with Gasteiger partial charge >= 0.3 is 5.69 Å². The van der Waals surface area contributed by atoms with Crippen molar-refractivity contribution in [1.82, 2.24) is 14.2 Å². The molecular formula is C21H18ClN5O2. The zero-order chi connectivity index (χ0) is 20.2. The third kappa shape index (κ3) is 4.14. The molecule has 0 bridgehead atoms. The number of para-hydroxylation sites is 1. The Kier molecular flexibility index (Phi) is 5.31. The number of halogens is 1. The summed E-state index contributed by atoms with van der Waals surface area (Å²) in [5.74, 6) is -0.236. The van der Waals surface area contributed by atoms with Gasteiger partial charge < -0.3 is 10.6 Å². The lowest BCUT2D eigenvalue weighted by molar-refractivity contribution is 0.102. The molecule has 0 fully saturated rings. The van der Waals surface area contributed by atoms with E-state index < -0.39 is 0 Å². The van der Waals surface area contributed by atoms with Crippen LogP contribution in [0.2, 0.25) is 5.02 Å². The summed E-state index contributed by atoms with van der Waals surface area (Å²) in [6.45, 7) is 0.808. The minimum Gasteiger partial charge on any atom is -0.383 e. The van der Waals surface area contributed by atoms with Crippen molar-refractivity contribution in [1.29, 1.82) is 0 Å². The van der Waals surface area contributed by atoms with Crippen molar-refractivity contribution < 1.29 is 4.79 Å². The SMILES string of the molecule is O=C(Nc1ccc(Cl)cc1)c1ccccc1NCCn1nc2ccccn2c1=O. The van der Waals surface area contributed by atoms with Crippen molar-refractivity contribution in [2.75, 3.05) is 17.2 Å². The van der Waals surface area contributed by atoms with Crippen LogP contribution in [0.1, 0.15) is 10.4 Å². The summed E-state index contributed by atoms with van der Waals surface area (Å²) in [6.07, 6.45) is 1.69. The van der Waals surface area contributed by atoms with Crippen LogP contribution in [0.5, 0.6) is 0 Å². The van der Waals surface area contributed by atoms with Gasteiger partial charge in [-0.1, -0.05) is 29.8 Å². The zero-order valence-electron chi connectivity index (χ0n) is 15.4. The molecule has 2 N–H and O–H groups in total. The Morgan fingerprint density at radius 1 is 1.00 bits per heavy atom. The van der Waals surface area contributed by atoms with E-state index in [-0.39, 0.29) is 11.6 Å². The molecule has 7 nitrogen and oxygen atoms in total. The smallest absolute Gasteiger partial charge is 0.350 e. The van der Waals surface area contributed by atoms with Crippen molar-refractivity contribution in [2.45, 2.75) is 6.54 Å². The Labute approximate surface area is 171 Å². The van der Waals surface area contributed by atoms with E-state index in [1.807, 2.05) is 18.2 Å². The summed E-state index contributed by atoms with van der Waals surface area (Å²) in [5.41, 5.74) is 2.24. The van der Waals surface area contributed by atoms with Gasteiger partial charge in [0, 0.05) is 29.1 Å². The molecule has 2 aromatic heterocycles. The van der Waals surface area contributed by atoms with Crippen LogP contribution in [-0.4, -0.2) is 26.6 Å². The van der Waals surface area contributed by atoms with Crippen LogP contribution in [0.3, 0.4) is 0 Å². The highest BCUT2D eigenvalue weighted by atomic mass is 35.5. The van der Waals surface area contributed by atoms with Crippen molar-refractivity contribution >= 4 is 34.5 Å². The first-order valence-electron chi connectivity index (χ1n) is 9.06. The Bertz CT molecular complexity index is 1210. The highest BCUT2D eigenvalue weighted by Crippen LogP contribution is 2.18. The largest absolute Gasteiger partial charge is 0.383 e. The Balaban J connectivity index is 1.45. The summed E-state index contributed by atoms with van der Waals surface area (Å²) in [6, 6.07) is 19.5. The molecule has 0 unspecified atom stereocenters. The minimum atomic E-state index is -0.236. The first kappa shape index (κ1) is 18.8. The van der Waals surface area contributed by atoms with Crippen molar-refractivity contribution in [3.8, 4) is 0 Å². The van der Waals surface area contributed by atoms with Crippen molar-refractivity contribution in [3.05, 3.63) is 94.0 Å². The average Bonchev–Trinajstić information content (AvgIpc) is 3.06. The maximum atomic E-state index is 12.7. The van der Waals surface area contributed by atoms with Gasteiger partial charge in [0.05, 0.1) is 12.1 Å². The number of anilines is 2. The van der Waals surface area contributed by atoms with Gasteiger partial charge in [-0.2, -0.15) is 0 Å². The number of hydrogen-bond donors (Lipinski definition) is 2. The fourth-order valence-corrected chi connectivity index (χ4v) is 3.10. The standard InChI is InChI=1S/C21H18ClN5O2/c22-15-8-10-16(11-9-15)24-20(28)17-5-1-2-6-18(17)23-12-14-27-21(29)26-13-4-3-7-19(26)25-27/h1-11,13,23H,12,14H2,(H,24,28). The topological polar surface area (TPSA) is 80.4 Å². The molecule has 0 aliphatic heterocycles. The Morgan fingerprint density at radius 2 is 1.76 bits per heavy atom. The molecule has 146 valence electrons. The van der Waals surface area contributed by atoms with Crippen molar-refractivity contribution in [2.24, 2.45) is 0 Å². The summed E-state index contributed by atoms with van der Waals surface area (Å²) in [4.78, 5) is 25.0. The minimum absolute atomic E-state index is 0.198. The van der Waals surface area contributed by atoms with Gasteiger partial charge in [-0.3, -0.25) is 9.20 Å². The van der Waals surface area contributed by atoms with Crippen LogP contribution in [0.4, 0.5) is 11.4 Å². The zero-order valence-corrected chi connectivity index (χ0v) is 16.1. The lowest BCUT2D eigenvalue weighted by Crippen LogP contribution is -2.25. The molecule has 0 aliphatic rings. The van der Waals surface area contributed by atoms with Gasteiger partial charge in [0.25, 0.3) is 5.91 Å². The van der Waals surface area contributed by atoms with Crippen molar-refractivity contribution in [3.63, 3.8) is 0 Å². The van der Waals surface area contributed by atoms with E-state index in [1.54, 1.807) is 54.7 Å². The predicted molar refractivity (Wildman–Crippen MR) is 114 cm³/mol. The highest BCUT2D eigenvalue weighted by Gasteiger charge is 2.12. The van der Waals surface area contributed by atoms with Crippen LogP contribution >= 0.6 is 11.6 Å². The monoisotopic (exact) mass is 407 g/mol. The fraction of sp³-hybridized carbons (Fsp3) is 0.0952. The molecule has 0 atom stereocenters. The molecule has 2 aromatic carbocycles. The maximum Gasteiger partial charge on any atom is 0.350 e. The number of benzene rings is 2. The predicted octanol–water partition coefficient (Wildman–Crippen LogP) is 3.51. The third-order valence-electron chi connectivity index (χ3n) is 4.40. The first-order valence-corrected chi connectivity index (χ1v) is 9.43. The molecule has 0 saturated carbocycles. The van der Waals surface area contributed by atoms with Gasteiger partial charge in [0.2, 0.25) is 0 Å². The Morgan fingerprint density at radius 3 is 2.55 bits per heavy atom. The molecule has 1 amide bonds. The molecule has 0 saturated heterocycles. The van der Waals surface area contributed by atoms with E-state index in [9.17, 15) is 9.59 Å². The van der Waals surface area contributed by atoms with Gasteiger partial charge in [-0.05, 0) is 48.5 Å². The number of nitrogens with zero attached hydrogens (tertiary/aromatic N) is 3. The van der Waals surface area contributed by atoms with E-state index in [0.29, 0.717) is 40.7 Å². The molecule has 2 heterocycles. The highest BCUT2D eigenvalue weighted by molar-refractivity contribution is 6.30. The first-order chi connectivity index (χ1) is 14.1. The molecule has 8 heteroatoms. The normalized spacial score (nSPS) is 10.8. The van der Waals surface area contributed by atoms with Gasteiger partial charge in [-0.15, -0.1) is 5.10 Å². The van der Waals surface area contributed by atoms with Gasteiger partial charge in [-0.25, -0.2) is 9.48 Å². The second kappa shape index (κ2) is 8.20. The molecule has 0 aliphatic carbocycles. The number of carbonyl (C=O) groups excluding carboxylic acids is 1. The second-order valence-electron chi connectivity index (χ2n) is 6.37. The van der Waals surface area contributed by atoms with Crippen LogP contribution < -0.4 is 16.3 Å². The Hall–Kier alpha value is -3.58. The van der Waals surface area contributed by atoms with E-state index >= 15 is 0 Å². The van der Waals surface area contributed by atoms with Gasteiger partial charge in [0.1, 0.15) is 0 Å². The third-order valence-corrected chi connectivity index (χ3v) is 4.65. The van der Waals surface area contributed by atoms with E-state index in [1.165, 1.54) is 9.08 Å². The van der Waals surface area contributed by atoms with Crippen LogP contribution in [0.15, 0.2) is 77.7 Å². The molecular weight excluding hydrogens is 390 g/mol. The quantitative estimate of drug-likeness (QED) is 0.512. The number of aromatic nitrogens is 3. The van der Waals surface area contributed by atoms with Crippen LogP contribution in [-0.2, 0) is 6.54 Å². The molecule has 4 aromatic rings. The van der Waals surface area contributed by atoms with E-state index in [4.69, 9.17) is 11.6 Å². The molecule has 29 heavy (non-hydrogen) atoms. The van der Waals surface area contributed by atoms with Gasteiger partial charge in [0.15, 0.2) is 5.65 Å². The van der Waals surface area contributed by atoms with Crippen LogP contribution in [0.25, 0.3) is 5.65 Å². The van der Waals surface area contributed by atoms with Crippen LogP contribution in [0, 0.1) is 0 Å². The number of amides is 1. The number of pyridine rings is 1. The summed E-state index contributed by atoms with van der Waals surface area (Å²) in [7, 11) is 0. The molecule has 0 radical (unpaired) electrons. The van der Waals surface area contributed by atoms with E-state index in [2.05, 4.69) is 15.7 Å². The molecule has 4 rings (SSSR count). The molecule has 0 spiro atoms. The number of rotatable bonds is 6. The summed E-state index contributed by atoms with van der Waals surface area (Å²) in [5, 5.41) is 11.0. The summed E-state index contributed by atoms with van der Waals surface area (Å²) < 4.78 is 2.90. The number of fused-ring (bicyclic) bond motifs is 1. The second-order valence-corrected chi connectivity index (χ2v) is 6.80. The lowest BCUT2D eigenvalue weighted by atomic mass is 10.1. The number of nitrogens with one attached hydrogen (secondary N) is 2. The fourth-order valence-electron chi connectivity index (χ4n) is 2.98. The summed E-state index contributed by atoms with van der Waals surface area (Å²) >= 11 is 5.88. The number of hydrogen-bond acceptors (Lipinski definition) is 4. The lowest BCUT2D eigenvalue weighted by Gasteiger charge is -2.12. The maximum absolute atomic E-state index is 12.7. The number of carbonyl (C=O) groups is 1.